The van der Waals surface area contributed by atoms with Gasteiger partial charge in [-0.15, -0.1) is 11.3 Å². The first-order valence-corrected chi connectivity index (χ1v) is 11.7. The summed E-state index contributed by atoms with van der Waals surface area (Å²) in [6.45, 7) is 6.06. The lowest BCUT2D eigenvalue weighted by molar-refractivity contribution is -0.140. The molecule has 3 rings (SSSR count). The first-order valence-electron chi connectivity index (χ1n) is 9.40. The van der Waals surface area contributed by atoms with E-state index in [4.69, 9.17) is 5.73 Å². The Hall–Kier alpha value is -0.960. The van der Waals surface area contributed by atoms with E-state index in [-0.39, 0.29) is 24.4 Å². The summed E-state index contributed by atoms with van der Waals surface area (Å²) in [5.74, 6) is 0.398. The highest BCUT2D eigenvalue weighted by atomic mass is 32.2. The van der Waals surface area contributed by atoms with Gasteiger partial charge < -0.3 is 10.6 Å². The number of rotatable bonds is 4. The van der Waals surface area contributed by atoms with Crippen molar-refractivity contribution in [3.63, 3.8) is 0 Å². The second-order valence-electron chi connectivity index (χ2n) is 7.62. The number of carbonyl (C=O) groups is 1. The molecule has 3 unspecified atom stereocenters. The molecule has 26 heavy (non-hydrogen) atoms. The molecule has 2 N–H and O–H groups in total. The van der Waals surface area contributed by atoms with Crippen LogP contribution in [0, 0.1) is 18.8 Å². The Morgan fingerprint density at radius 3 is 2.73 bits per heavy atom. The van der Waals surface area contributed by atoms with Crippen molar-refractivity contribution in [2.45, 2.75) is 49.8 Å². The topological polar surface area (TPSA) is 83.7 Å². The molecule has 146 valence electrons. The van der Waals surface area contributed by atoms with Gasteiger partial charge in [-0.3, -0.25) is 4.79 Å². The normalized spacial score (nSPS) is 28.3. The number of hydrogen-bond donors (Lipinski definition) is 1. The maximum Gasteiger partial charge on any atom is 0.252 e. The number of hydrogen-bond acceptors (Lipinski definition) is 5. The molecule has 1 amide bonds. The van der Waals surface area contributed by atoms with Crippen LogP contribution in [-0.4, -0.2) is 55.8 Å². The molecular weight excluding hydrogens is 370 g/mol. The molecular formula is C18H29N3O3S2. The Balaban J connectivity index is 1.73. The molecule has 0 saturated carbocycles. The van der Waals surface area contributed by atoms with Gasteiger partial charge in [0.25, 0.3) is 10.0 Å². The van der Waals surface area contributed by atoms with Gasteiger partial charge in [0.15, 0.2) is 0 Å². The molecule has 0 bridgehead atoms. The second-order valence-corrected chi connectivity index (χ2v) is 11.1. The molecule has 2 saturated heterocycles. The molecule has 0 radical (unpaired) electrons. The summed E-state index contributed by atoms with van der Waals surface area (Å²) in [7, 11) is -3.51. The third-order valence-electron chi connectivity index (χ3n) is 5.58. The number of sulfonamides is 1. The van der Waals surface area contributed by atoms with E-state index in [0.717, 1.165) is 37.1 Å². The summed E-state index contributed by atoms with van der Waals surface area (Å²) in [5.41, 5.74) is 5.90. The fraction of sp³-hybridized carbons (Fsp3) is 0.722. The quantitative estimate of drug-likeness (QED) is 0.840. The molecule has 3 atom stereocenters. The van der Waals surface area contributed by atoms with Crippen molar-refractivity contribution in [3.05, 3.63) is 17.0 Å². The monoisotopic (exact) mass is 399 g/mol. The van der Waals surface area contributed by atoms with Crippen LogP contribution in [0.3, 0.4) is 0 Å². The summed E-state index contributed by atoms with van der Waals surface area (Å²) in [6.07, 6.45) is 3.39. The van der Waals surface area contributed by atoms with Crippen LogP contribution in [-0.2, 0) is 14.8 Å². The lowest BCUT2D eigenvalue weighted by atomic mass is 9.90. The molecule has 2 aliphatic heterocycles. The largest absolute Gasteiger partial charge is 0.338 e. The van der Waals surface area contributed by atoms with Crippen LogP contribution in [0.4, 0.5) is 0 Å². The highest BCUT2D eigenvalue weighted by Crippen LogP contribution is 2.30. The van der Waals surface area contributed by atoms with Crippen LogP contribution in [0.25, 0.3) is 0 Å². The predicted octanol–water partition coefficient (Wildman–Crippen LogP) is 2.04. The Kier molecular flexibility index (Phi) is 6.06. The average Bonchev–Trinajstić information content (AvgIpc) is 3.08. The number of carbonyl (C=O) groups excluding carboxylic acids is 1. The molecule has 6 nitrogen and oxygen atoms in total. The third kappa shape index (κ3) is 3.98. The predicted molar refractivity (Wildman–Crippen MR) is 103 cm³/mol. The van der Waals surface area contributed by atoms with Crippen molar-refractivity contribution in [1.29, 1.82) is 0 Å². The molecule has 2 aliphatic rings. The molecule has 1 aromatic rings. The number of amides is 1. The van der Waals surface area contributed by atoms with E-state index in [1.54, 1.807) is 6.07 Å². The highest BCUT2D eigenvalue weighted by Gasteiger charge is 2.38. The zero-order valence-electron chi connectivity index (χ0n) is 15.6. The van der Waals surface area contributed by atoms with Crippen LogP contribution in [0.5, 0.6) is 0 Å². The van der Waals surface area contributed by atoms with Gasteiger partial charge in [0, 0.05) is 37.1 Å². The number of aryl methyl sites for hydroxylation is 1. The van der Waals surface area contributed by atoms with E-state index in [1.165, 1.54) is 15.6 Å². The van der Waals surface area contributed by atoms with Crippen LogP contribution < -0.4 is 5.73 Å². The smallest absolute Gasteiger partial charge is 0.252 e. The fourth-order valence-corrected chi connectivity index (χ4v) is 7.00. The van der Waals surface area contributed by atoms with E-state index < -0.39 is 10.0 Å². The summed E-state index contributed by atoms with van der Waals surface area (Å²) in [5, 5.41) is 0. The van der Waals surface area contributed by atoms with Crippen molar-refractivity contribution in [3.8, 4) is 0 Å². The van der Waals surface area contributed by atoms with Crippen molar-refractivity contribution >= 4 is 27.3 Å². The number of piperidine rings is 2. The molecule has 1 aromatic heterocycles. The summed E-state index contributed by atoms with van der Waals surface area (Å²) < 4.78 is 27.7. The standard InChI is InChI=1S/C18H29N3O3S2/c1-13-7-9-21(16(10-13)11-19)18(22)15-4-3-8-20(12-15)26(23,24)17-6-5-14(2)25-17/h5-6,13,15-16H,3-4,7-12,19H2,1-2H3. The van der Waals surface area contributed by atoms with Gasteiger partial charge in [0.05, 0.1) is 5.92 Å². The maximum atomic E-state index is 13.1. The summed E-state index contributed by atoms with van der Waals surface area (Å²) in [6, 6.07) is 3.57. The first kappa shape index (κ1) is 19.8. The van der Waals surface area contributed by atoms with E-state index in [2.05, 4.69) is 6.92 Å². The van der Waals surface area contributed by atoms with Gasteiger partial charge >= 0.3 is 0 Å². The second kappa shape index (κ2) is 7.96. The van der Waals surface area contributed by atoms with Gasteiger partial charge in [-0.05, 0) is 50.7 Å². The third-order valence-corrected chi connectivity index (χ3v) is 8.91. The van der Waals surface area contributed by atoms with E-state index in [9.17, 15) is 13.2 Å². The number of thiophene rings is 1. The Labute approximate surface area is 160 Å². The van der Waals surface area contributed by atoms with Gasteiger partial charge in [-0.1, -0.05) is 6.92 Å². The van der Waals surface area contributed by atoms with Gasteiger partial charge in [0.2, 0.25) is 5.91 Å². The van der Waals surface area contributed by atoms with E-state index in [1.807, 2.05) is 17.9 Å². The molecule has 8 heteroatoms. The minimum absolute atomic E-state index is 0.0783. The number of likely N-dealkylation sites (tertiary alicyclic amines) is 1. The number of nitrogens with two attached hydrogens (primary N) is 1. The van der Waals surface area contributed by atoms with E-state index >= 15 is 0 Å². The Morgan fingerprint density at radius 2 is 2.08 bits per heavy atom. The summed E-state index contributed by atoms with van der Waals surface area (Å²) >= 11 is 1.29. The van der Waals surface area contributed by atoms with Crippen LogP contribution in [0.15, 0.2) is 16.3 Å². The number of nitrogens with zero attached hydrogens (tertiary/aromatic N) is 2. The molecule has 3 heterocycles. The fourth-order valence-electron chi connectivity index (χ4n) is 4.04. The van der Waals surface area contributed by atoms with Crippen molar-refractivity contribution in [2.75, 3.05) is 26.2 Å². The van der Waals surface area contributed by atoms with Crippen molar-refractivity contribution in [2.24, 2.45) is 17.6 Å². The van der Waals surface area contributed by atoms with Gasteiger partial charge in [-0.2, -0.15) is 4.31 Å². The zero-order valence-corrected chi connectivity index (χ0v) is 17.2. The van der Waals surface area contributed by atoms with Crippen molar-refractivity contribution in [1.82, 2.24) is 9.21 Å². The highest BCUT2D eigenvalue weighted by molar-refractivity contribution is 7.91. The molecule has 2 fully saturated rings. The van der Waals surface area contributed by atoms with Crippen molar-refractivity contribution < 1.29 is 13.2 Å². The molecule has 0 spiro atoms. The maximum absolute atomic E-state index is 13.1. The minimum Gasteiger partial charge on any atom is -0.338 e. The van der Waals surface area contributed by atoms with Crippen LogP contribution in [0.2, 0.25) is 0 Å². The van der Waals surface area contributed by atoms with Gasteiger partial charge in [-0.25, -0.2) is 8.42 Å². The Bertz CT molecular complexity index is 747. The SMILES string of the molecule is Cc1ccc(S(=O)(=O)N2CCCC(C(=O)N3CCC(C)CC3CN)C2)s1. The van der Waals surface area contributed by atoms with Gasteiger partial charge in [0.1, 0.15) is 4.21 Å². The van der Waals surface area contributed by atoms with E-state index in [0.29, 0.717) is 23.2 Å². The minimum atomic E-state index is -3.51. The molecule has 0 aliphatic carbocycles. The Morgan fingerprint density at radius 1 is 1.31 bits per heavy atom. The lowest BCUT2D eigenvalue weighted by Crippen LogP contribution is -2.54. The zero-order chi connectivity index (χ0) is 18.9. The van der Waals surface area contributed by atoms with Crippen LogP contribution in [0.1, 0.15) is 37.5 Å². The molecule has 0 aromatic carbocycles. The van der Waals surface area contributed by atoms with Crippen LogP contribution >= 0.6 is 11.3 Å². The average molecular weight is 400 g/mol. The first-order chi connectivity index (χ1) is 12.3. The summed E-state index contributed by atoms with van der Waals surface area (Å²) in [4.78, 5) is 16.0. The lowest BCUT2D eigenvalue weighted by Gasteiger charge is -2.41.